The number of aryl methyl sites for hydroxylation is 1. The van der Waals surface area contributed by atoms with E-state index < -0.39 is 0 Å². The third kappa shape index (κ3) is 5.69. The molecule has 0 radical (unpaired) electrons. The molecule has 0 bridgehead atoms. The average molecular weight is 450 g/mol. The first kappa shape index (κ1) is 21.1. The number of carbonyl (C=O) groups is 2. The maximum absolute atomic E-state index is 12.7. The smallest absolute Gasteiger partial charge is 0.267 e. The summed E-state index contributed by atoms with van der Waals surface area (Å²) in [5.41, 5.74) is 1.60. The molecule has 0 aliphatic heterocycles. The Kier molecular flexibility index (Phi) is 6.74. The van der Waals surface area contributed by atoms with E-state index in [0.717, 1.165) is 0 Å². The third-order valence-electron chi connectivity index (χ3n) is 3.76. The Labute approximate surface area is 181 Å². The molecule has 2 N–H and O–H groups in total. The summed E-state index contributed by atoms with van der Waals surface area (Å²) in [4.78, 5) is 28.7. The first-order chi connectivity index (χ1) is 13.8. The summed E-state index contributed by atoms with van der Waals surface area (Å²) in [6.07, 6.45) is 0. The van der Waals surface area contributed by atoms with Crippen LogP contribution in [0.15, 0.2) is 42.5 Å². The molecular weight excluding hydrogens is 433 g/mol. The average Bonchev–Trinajstić information content (AvgIpc) is 3.04. The van der Waals surface area contributed by atoms with Gasteiger partial charge in [-0.25, -0.2) is 4.98 Å². The van der Waals surface area contributed by atoms with E-state index in [1.807, 2.05) is 0 Å². The van der Waals surface area contributed by atoms with Crippen molar-refractivity contribution in [1.82, 2.24) is 4.98 Å². The van der Waals surface area contributed by atoms with Crippen LogP contribution < -0.4 is 15.4 Å². The minimum absolute atomic E-state index is 0.202. The van der Waals surface area contributed by atoms with Gasteiger partial charge < -0.3 is 15.4 Å². The van der Waals surface area contributed by atoms with Crippen LogP contribution in [0.4, 0.5) is 11.4 Å². The van der Waals surface area contributed by atoms with Crippen LogP contribution in [0.3, 0.4) is 0 Å². The minimum atomic E-state index is -0.313. The van der Waals surface area contributed by atoms with Gasteiger partial charge in [-0.3, -0.25) is 9.59 Å². The van der Waals surface area contributed by atoms with E-state index in [-0.39, 0.29) is 18.4 Å². The van der Waals surface area contributed by atoms with Crippen LogP contribution >= 0.6 is 34.5 Å². The van der Waals surface area contributed by atoms with Crippen molar-refractivity contribution in [2.24, 2.45) is 0 Å². The van der Waals surface area contributed by atoms with Crippen LogP contribution in [0.25, 0.3) is 0 Å². The van der Waals surface area contributed by atoms with E-state index in [0.29, 0.717) is 42.7 Å². The van der Waals surface area contributed by atoms with E-state index in [2.05, 4.69) is 15.6 Å². The van der Waals surface area contributed by atoms with E-state index in [9.17, 15) is 9.59 Å². The monoisotopic (exact) mass is 449 g/mol. The molecular formula is C20H17Cl2N3O3S. The second-order valence-corrected chi connectivity index (χ2v) is 8.02. The molecule has 0 saturated carbocycles. The molecule has 3 rings (SSSR count). The first-order valence-electron chi connectivity index (χ1n) is 8.55. The Morgan fingerprint density at radius 1 is 1.10 bits per heavy atom. The lowest BCUT2D eigenvalue weighted by atomic mass is 10.2. The highest BCUT2D eigenvalue weighted by atomic mass is 35.5. The number of aromatic nitrogens is 1. The van der Waals surface area contributed by atoms with Crippen LogP contribution in [0.5, 0.6) is 5.75 Å². The number of nitrogens with zero attached hydrogens (tertiary/aromatic N) is 1. The molecule has 0 spiro atoms. The quantitative estimate of drug-likeness (QED) is 0.516. The first-order valence-corrected chi connectivity index (χ1v) is 10.1. The number of anilines is 2. The molecule has 0 aliphatic rings. The van der Waals surface area contributed by atoms with E-state index in [4.69, 9.17) is 27.9 Å². The van der Waals surface area contributed by atoms with E-state index in [1.165, 1.54) is 18.3 Å². The fourth-order valence-corrected chi connectivity index (χ4v) is 3.70. The maximum Gasteiger partial charge on any atom is 0.267 e. The predicted molar refractivity (Wildman–Crippen MR) is 116 cm³/mol. The Morgan fingerprint density at radius 2 is 1.83 bits per heavy atom. The van der Waals surface area contributed by atoms with Crippen molar-refractivity contribution in [3.05, 3.63) is 68.1 Å². The number of nitrogens with one attached hydrogen (secondary N) is 2. The summed E-state index contributed by atoms with van der Waals surface area (Å²) in [6.45, 7) is 3.41. The van der Waals surface area contributed by atoms with Gasteiger partial charge in [0, 0.05) is 17.6 Å². The van der Waals surface area contributed by atoms with Crippen LogP contribution in [0.2, 0.25) is 10.0 Å². The van der Waals surface area contributed by atoms with Crippen LogP contribution in [-0.4, -0.2) is 16.8 Å². The standard InChI is InChI=1S/C20H17Cl2N3O3S/c1-11-19(29-18(23-11)10-28-15-6-3-13(21)4-7-15)20(27)25-17-8-5-14(9-16(17)22)24-12(2)26/h3-9H,10H2,1-2H3,(H,24,26)(H,25,27). The van der Waals surface area contributed by atoms with E-state index >= 15 is 0 Å². The van der Waals surface area contributed by atoms with Gasteiger partial charge in [-0.1, -0.05) is 23.2 Å². The van der Waals surface area contributed by atoms with Crippen molar-refractivity contribution in [2.75, 3.05) is 10.6 Å². The molecule has 0 atom stereocenters. The van der Waals surface area contributed by atoms with Crippen molar-refractivity contribution in [3.8, 4) is 5.75 Å². The maximum atomic E-state index is 12.7. The number of carbonyl (C=O) groups excluding carboxylic acids is 2. The van der Waals surface area contributed by atoms with Crippen molar-refractivity contribution in [1.29, 1.82) is 0 Å². The molecule has 150 valence electrons. The zero-order valence-electron chi connectivity index (χ0n) is 15.6. The summed E-state index contributed by atoms with van der Waals surface area (Å²) in [5.74, 6) is 0.151. The highest BCUT2D eigenvalue weighted by molar-refractivity contribution is 7.13. The number of amides is 2. The molecule has 0 aliphatic carbocycles. The lowest BCUT2D eigenvalue weighted by Crippen LogP contribution is -2.12. The Bertz CT molecular complexity index is 1050. The molecule has 0 unspecified atom stereocenters. The number of benzene rings is 2. The minimum Gasteiger partial charge on any atom is -0.486 e. The number of ether oxygens (including phenoxy) is 1. The molecule has 2 aromatic carbocycles. The largest absolute Gasteiger partial charge is 0.486 e. The van der Waals surface area contributed by atoms with Crippen molar-refractivity contribution < 1.29 is 14.3 Å². The van der Waals surface area contributed by atoms with Crippen molar-refractivity contribution in [2.45, 2.75) is 20.5 Å². The van der Waals surface area contributed by atoms with Gasteiger partial charge in [0.15, 0.2) is 0 Å². The molecule has 1 aromatic heterocycles. The Hall–Kier alpha value is -2.61. The molecule has 0 saturated heterocycles. The second kappa shape index (κ2) is 9.26. The topological polar surface area (TPSA) is 80.3 Å². The molecule has 1 heterocycles. The lowest BCUT2D eigenvalue weighted by Gasteiger charge is -2.09. The summed E-state index contributed by atoms with van der Waals surface area (Å²) in [7, 11) is 0. The van der Waals surface area contributed by atoms with Crippen LogP contribution in [-0.2, 0) is 11.4 Å². The van der Waals surface area contributed by atoms with Crippen molar-refractivity contribution >= 4 is 57.7 Å². The van der Waals surface area contributed by atoms with E-state index in [1.54, 1.807) is 49.4 Å². The molecule has 2 amide bonds. The van der Waals surface area contributed by atoms with Gasteiger partial charge in [-0.15, -0.1) is 11.3 Å². The zero-order valence-corrected chi connectivity index (χ0v) is 17.9. The highest BCUT2D eigenvalue weighted by Gasteiger charge is 2.17. The summed E-state index contributed by atoms with van der Waals surface area (Å²) < 4.78 is 5.68. The Balaban J connectivity index is 1.66. The van der Waals surface area contributed by atoms with Gasteiger partial charge in [0.05, 0.1) is 16.4 Å². The zero-order chi connectivity index (χ0) is 21.0. The van der Waals surface area contributed by atoms with Gasteiger partial charge in [-0.2, -0.15) is 0 Å². The molecule has 29 heavy (non-hydrogen) atoms. The van der Waals surface area contributed by atoms with Crippen molar-refractivity contribution in [3.63, 3.8) is 0 Å². The lowest BCUT2D eigenvalue weighted by molar-refractivity contribution is -0.114. The number of rotatable bonds is 6. The van der Waals surface area contributed by atoms with Crippen LogP contribution in [0.1, 0.15) is 27.3 Å². The number of hydrogen-bond donors (Lipinski definition) is 2. The summed E-state index contributed by atoms with van der Waals surface area (Å²) in [5, 5.41) is 7.03. The van der Waals surface area contributed by atoms with Gasteiger partial charge in [-0.05, 0) is 49.4 Å². The number of hydrogen-bond acceptors (Lipinski definition) is 5. The van der Waals surface area contributed by atoms with Gasteiger partial charge in [0.25, 0.3) is 5.91 Å². The predicted octanol–water partition coefficient (Wildman–Crippen LogP) is 5.55. The molecule has 9 heteroatoms. The van der Waals surface area contributed by atoms with Gasteiger partial charge in [0.2, 0.25) is 5.91 Å². The summed E-state index contributed by atoms with van der Waals surface area (Å²) >= 11 is 13.3. The number of halogens is 2. The van der Waals surface area contributed by atoms with Crippen LogP contribution in [0, 0.1) is 6.92 Å². The number of thiazole rings is 1. The summed E-state index contributed by atoms with van der Waals surface area (Å²) in [6, 6.07) is 11.9. The van der Waals surface area contributed by atoms with Gasteiger partial charge >= 0.3 is 0 Å². The third-order valence-corrected chi connectivity index (χ3v) is 5.46. The van der Waals surface area contributed by atoms with Gasteiger partial charge in [0.1, 0.15) is 22.2 Å². The fraction of sp³-hybridized carbons (Fsp3) is 0.150. The molecule has 0 fully saturated rings. The second-order valence-electron chi connectivity index (χ2n) is 6.09. The molecule has 6 nitrogen and oxygen atoms in total. The normalized spacial score (nSPS) is 10.5. The Morgan fingerprint density at radius 3 is 2.48 bits per heavy atom. The fourth-order valence-electron chi connectivity index (χ4n) is 2.48. The SMILES string of the molecule is CC(=O)Nc1ccc(NC(=O)c2sc(COc3ccc(Cl)cc3)nc2C)c(Cl)c1. The molecule has 3 aromatic rings. The highest BCUT2D eigenvalue weighted by Crippen LogP contribution is 2.28.